The van der Waals surface area contributed by atoms with Crippen molar-refractivity contribution in [3.05, 3.63) is 11.7 Å². The van der Waals surface area contributed by atoms with Gasteiger partial charge in [-0.2, -0.15) is 4.98 Å². The van der Waals surface area contributed by atoms with Gasteiger partial charge in [-0.1, -0.05) is 5.16 Å². The molecule has 122 valence electrons. The van der Waals surface area contributed by atoms with Crippen molar-refractivity contribution in [3.8, 4) is 0 Å². The van der Waals surface area contributed by atoms with Crippen molar-refractivity contribution in [1.29, 1.82) is 0 Å². The molecular formula is C16H25N3O3. The van der Waals surface area contributed by atoms with E-state index in [1.54, 1.807) is 6.92 Å². The molecule has 0 spiro atoms. The van der Waals surface area contributed by atoms with E-state index in [1.165, 1.54) is 6.42 Å². The molecule has 0 N–H and O–H groups in total. The molecule has 2 saturated heterocycles. The summed E-state index contributed by atoms with van der Waals surface area (Å²) >= 11 is 0. The maximum absolute atomic E-state index is 12.4. The van der Waals surface area contributed by atoms with Gasteiger partial charge in [-0.25, -0.2) is 0 Å². The van der Waals surface area contributed by atoms with E-state index in [4.69, 9.17) is 9.26 Å². The number of carbonyl (C=O) groups is 1. The zero-order valence-electron chi connectivity index (χ0n) is 13.3. The number of carbonyl (C=O) groups excluding carboxylic acids is 1. The SMILES string of the molecule is Cc1nc([C@H]2CCCN(C(=O)CC[C@H]3CCCCO3)C2)no1. The van der Waals surface area contributed by atoms with Gasteiger partial charge in [0.25, 0.3) is 0 Å². The monoisotopic (exact) mass is 307 g/mol. The highest BCUT2D eigenvalue weighted by Gasteiger charge is 2.28. The third-order valence-corrected chi connectivity index (χ3v) is 4.64. The van der Waals surface area contributed by atoms with Gasteiger partial charge in [0.2, 0.25) is 11.8 Å². The number of piperidine rings is 1. The van der Waals surface area contributed by atoms with Crippen LogP contribution in [0.1, 0.15) is 62.6 Å². The van der Waals surface area contributed by atoms with Crippen LogP contribution in [0, 0.1) is 6.92 Å². The Morgan fingerprint density at radius 1 is 1.32 bits per heavy atom. The summed E-state index contributed by atoms with van der Waals surface area (Å²) in [4.78, 5) is 18.7. The van der Waals surface area contributed by atoms with Gasteiger partial charge in [-0.15, -0.1) is 0 Å². The van der Waals surface area contributed by atoms with Crippen LogP contribution in [0.5, 0.6) is 0 Å². The average molecular weight is 307 g/mol. The van der Waals surface area contributed by atoms with E-state index in [0.717, 1.165) is 51.1 Å². The maximum Gasteiger partial charge on any atom is 0.223 e. The van der Waals surface area contributed by atoms with Crippen LogP contribution in [0.25, 0.3) is 0 Å². The van der Waals surface area contributed by atoms with Crippen LogP contribution >= 0.6 is 0 Å². The molecule has 0 radical (unpaired) electrons. The first-order chi connectivity index (χ1) is 10.7. The first-order valence-corrected chi connectivity index (χ1v) is 8.42. The minimum Gasteiger partial charge on any atom is -0.378 e. The van der Waals surface area contributed by atoms with Crippen molar-refractivity contribution < 1.29 is 14.1 Å². The normalized spacial score (nSPS) is 26.1. The van der Waals surface area contributed by atoms with E-state index in [-0.39, 0.29) is 17.9 Å². The fourth-order valence-corrected chi connectivity index (χ4v) is 3.37. The molecule has 22 heavy (non-hydrogen) atoms. The summed E-state index contributed by atoms with van der Waals surface area (Å²) in [7, 11) is 0. The van der Waals surface area contributed by atoms with Gasteiger partial charge in [0.05, 0.1) is 6.10 Å². The predicted octanol–water partition coefficient (Wildman–Crippen LogP) is 2.43. The molecule has 2 atom stereocenters. The lowest BCUT2D eigenvalue weighted by Crippen LogP contribution is -2.39. The van der Waals surface area contributed by atoms with Crippen molar-refractivity contribution in [3.63, 3.8) is 0 Å². The van der Waals surface area contributed by atoms with Crippen molar-refractivity contribution in [2.24, 2.45) is 0 Å². The molecule has 0 saturated carbocycles. The molecule has 0 unspecified atom stereocenters. The van der Waals surface area contributed by atoms with Crippen molar-refractivity contribution in [2.75, 3.05) is 19.7 Å². The molecular weight excluding hydrogens is 282 g/mol. The number of ether oxygens (including phenoxy) is 1. The highest BCUT2D eigenvalue weighted by molar-refractivity contribution is 5.76. The second-order valence-corrected chi connectivity index (χ2v) is 6.38. The highest BCUT2D eigenvalue weighted by Crippen LogP contribution is 2.26. The van der Waals surface area contributed by atoms with Crippen LogP contribution in [-0.4, -0.2) is 46.7 Å². The summed E-state index contributed by atoms with van der Waals surface area (Å²) in [5, 5.41) is 4.01. The topological polar surface area (TPSA) is 68.5 Å². The van der Waals surface area contributed by atoms with Gasteiger partial charge in [0.1, 0.15) is 0 Å². The minimum absolute atomic E-state index is 0.209. The third kappa shape index (κ3) is 3.85. The molecule has 3 heterocycles. The van der Waals surface area contributed by atoms with E-state index in [1.807, 2.05) is 4.90 Å². The number of likely N-dealkylation sites (tertiary alicyclic amines) is 1. The Labute approximate surface area is 131 Å². The van der Waals surface area contributed by atoms with E-state index in [9.17, 15) is 4.79 Å². The fraction of sp³-hybridized carbons (Fsp3) is 0.812. The zero-order chi connectivity index (χ0) is 15.4. The van der Waals surface area contributed by atoms with Crippen LogP contribution in [0.2, 0.25) is 0 Å². The number of rotatable bonds is 4. The number of aryl methyl sites for hydroxylation is 1. The van der Waals surface area contributed by atoms with Crippen LogP contribution in [0.15, 0.2) is 4.52 Å². The number of hydrogen-bond acceptors (Lipinski definition) is 5. The summed E-state index contributed by atoms with van der Waals surface area (Å²) < 4.78 is 10.8. The predicted molar refractivity (Wildman–Crippen MR) is 80.4 cm³/mol. The number of nitrogens with zero attached hydrogens (tertiary/aromatic N) is 3. The Hall–Kier alpha value is -1.43. The van der Waals surface area contributed by atoms with Crippen LogP contribution in [-0.2, 0) is 9.53 Å². The zero-order valence-corrected chi connectivity index (χ0v) is 13.3. The lowest BCUT2D eigenvalue weighted by atomic mass is 9.96. The summed E-state index contributed by atoms with van der Waals surface area (Å²) in [6.45, 7) is 4.20. The lowest BCUT2D eigenvalue weighted by Gasteiger charge is -2.32. The standard InChI is InChI=1S/C16H25N3O3/c1-12-17-16(18-22-12)13-5-4-9-19(11-13)15(20)8-7-14-6-2-3-10-21-14/h13-14H,2-11H2,1H3/t13-,14+/m0/s1. The molecule has 3 rings (SSSR count). The van der Waals surface area contributed by atoms with Gasteiger partial charge in [-0.3, -0.25) is 4.79 Å². The third-order valence-electron chi connectivity index (χ3n) is 4.64. The van der Waals surface area contributed by atoms with Gasteiger partial charge in [-0.05, 0) is 38.5 Å². The highest BCUT2D eigenvalue weighted by atomic mass is 16.5. The summed E-state index contributed by atoms with van der Waals surface area (Å²) in [5.41, 5.74) is 0. The summed E-state index contributed by atoms with van der Waals surface area (Å²) in [6.07, 6.45) is 7.21. The van der Waals surface area contributed by atoms with Crippen LogP contribution < -0.4 is 0 Å². The van der Waals surface area contributed by atoms with Crippen molar-refractivity contribution in [1.82, 2.24) is 15.0 Å². The van der Waals surface area contributed by atoms with Crippen molar-refractivity contribution in [2.45, 2.75) is 63.9 Å². The van der Waals surface area contributed by atoms with Crippen LogP contribution in [0.4, 0.5) is 0 Å². The molecule has 6 heteroatoms. The van der Waals surface area contributed by atoms with Gasteiger partial charge >= 0.3 is 0 Å². The molecule has 0 aliphatic carbocycles. The lowest BCUT2D eigenvalue weighted by molar-refractivity contribution is -0.133. The Morgan fingerprint density at radius 2 is 2.23 bits per heavy atom. The second kappa shape index (κ2) is 7.22. The molecule has 0 bridgehead atoms. The van der Waals surface area contributed by atoms with Crippen molar-refractivity contribution >= 4 is 5.91 Å². The molecule has 2 aliphatic heterocycles. The van der Waals surface area contributed by atoms with E-state index in [0.29, 0.717) is 18.9 Å². The van der Waals surface area contributed by atoms with Gasteiger partial charge in [0.15, 0.2) is 5.82 Å². The average Bonchev–Trinajstić information content (AvgIpc) is 3.00. The Kier molecular flexibility index (Phi) is 5.08. The molecule has 2 fully saturated rings. The molecule has 1 aromatic rings. The Balaban J connectivity index is 1.49. The van der Waals surface area contributed by atoms with E-state index in [2.05, 4.69) is 10.1 Å². The van der Waals surface area contributed by atoms with E-state index >= 15 is 0 Å². The number of aromatic nitrogens is 2. The van der Waals surface area contributed by atoms with E-state index < -0.39 is 0 Å². The number of hydrogen-bond donors (Lipinski definition) is 0. The molecule has 6 nitrogen and oxygen atoms in total. The molecule has 1 amide bonds. The summed E-state index contributed by atoms with van der Waals surface area (Å²) in [5.74, 6) is 1.78. The smallest absolute Gasteiger partial charge is 0.223 e. The first-order valence-electron chi connectivity index (χ1n) is 8.42. The first kappa shape index (κ1) is 15.5. The van der Waals surface area contributed by atoms with Gasteiger partial charge < -0.3 is 14.2 Å². The number of amides is 1. The quantitative estimate of drug-likeness (QED) is 0.854. The fourth-order valence-electron chi connectivity index (χ4n) is 3.37. The maximum atomic E-state index is 12.4. The molecule has 2 aliphatic rings. The molecule has 1 aromatic heterocycles. The second-order valence-electron chi connectivity index (χ2n) is 6.38. The Morgan fingerprint density at radius 3 is 2.95 bits per heavy atom. The minimum atomic E-state index is 0.209. The Bertz CT molecular complexity index is 497. The van der Waals surface area contributed by atoms with Crippen LogP contribution in [0.3, 0.4) is 0 Å². The molecule has 0 aromatic carbocycles. The van der Waals surface area contributed by atoms with Gasteiger partial charge in [0, 0.05) is 39.0 Å². The largest absolute Gasteiger partial charge is 0.378 e. The summed E-state index contributed by atoms with van der Waals surface area (Å²) in [6, 6.07) is 0.